The molecule has 0 spiro atoms. The average molecular weight is 366 g/mol. The molecule has 8 heteroatoms. The highest BCUT2D eigenvalue weighted by Crippen LogP contribution is 2.21. The largest absolute Gasteiger partial charge is 0.330 e. The molecule has 2 aromatic carbocycles. The number of amides is 1. The first kappa shape index (κ1) is 15.7. The van der Waals surface area contributed by atoms with E-state index in [-0.39, 0.29) is 15.4 Å². The number of halogens is 2. The number of nitrogens with zero attached hydrogens (tertiary/aromatic N) is 1. The van der Waals surface area contributed by atoms with Crippen LogP contribution in [0.2, 0.25) is 10.0 Å². The molecule has 5 nitrogen and oxygen atoms in total. The fourth-order valence-corrected chi connectivity index (χ4v) is 2.83. The monoisotopic (exact) mass is 365 g/mol. The summed E-state index contributed by atoms with van der Waals surface area (Å²) >= 11 is 16.9. The molecule has 0 atom stereocenters. The number of aromatic nitrogens is 2. The van der Waals surface area contributed by atoms with Gasteiger partial charge in [-0.1, -0.05) is 35.3 Å². The van der Waals surface area contributed by atoms with Gasteiger partial charge in [0, 0.05) is 5.02 Å². The first-order chi connectivity index (χ1) is 11.0. The zero-order valence-corrected chi connectivity index (χ0v) is 13.8. The summed E-state index contributed by atoms with van der Waals surface area (Å²) in [7, 11) is 0. The number of hydrogen-bond acceptors (Lipinski definition) is 3. The van der Waals surface area contributed by atoms with Crippen LogP contribution in [0.3, 0.4) is 0 Å². The minimum Gasteiger partial charge on any atom is -0.330 e. The van der Waals surface area contributed by atoms with Gasteiger partial charge in [0.1, 0.15) is 0 Å². The molecule has 0 aliphatic carbocycles. The van der Waals surface area contributed by atoms with Crippen LogP contribution in [0.1, 0.15) is 10.4 Å². The SMILES string of the molecule is O=C(Nn1c(=S)[nH]c2ccccc2c1=O)c1ccc(Cl)cc1Cl. The Balaban J connectivity index is 2.06. The molecule has 0 aliphatic heterocycles. The van der Waals surface area contributed by atoms with Gasteiger partial charge < -0.3 is 4.98 Å². The maximum atomic E-state index is 12.5. The number of aromatic amines is 1. The van der Waals surface area contributed by atoms with Crippen LogP contribution in [0.25, 0.3) is 10.9 Å². The molecule has 116 valence electrons. The molecule has 3 aromatic rings. The van der Waals surface area contributed by atoms with Crippen LogP contribution in [-0.4, -0.2) is 15.6 Å². The molecule has 1 amide bonds. The Morgan fingerprint density at radius 2 is 1.91 bits per heavy atom. The number of para-hydroxylation sites is 1. The van der Waals surface area contributed by atoms with Crippen molar-refractivity contribution in [3.05, 3.63) is 73.2 Å². The minimum absolute atomic E-state index is 0.0761. The van der Waals surface area contributed by atoms with Gasteiger partial charge in [-0.3, -0.25) is 15.0 Å². The van der Waals surface area contributed by atoms with E-state index < -0.39 is 11.5 Å². The first-order valence-electron chi connectivity index (χ1n) is 6.48. The Labute approximate surface area is 145 Å². The Kier molecular flexibility index (Phi) is 4.21. The summed E-state index contributed by atoms with van der Waals surface area (Å²) in [5.74, 6) is -0.566. The van der Waals surface area contributed by atoms with Crippen LogP contribution in [0.5, 0.6) is 0 Å². The van der Waals surface area contributed by atoms with Crippen molar-refractivity contribution in [2.45, 2.75) is 0 Å². The van der Waals surface area contributed by atoms with E-state index in [0.717, 1.165) is 4.68 Å². The van der Waals surface area contributed by atoms with Gasteiger partial charge in [-0.25, -0.2) is 0 Å². The molecule has 0 aliphatic rings. The predicted octanol–water partition coefficient (Wildman–Crippen LogP) is 3.75. The zero-order chi connectivity index (χ0) is 16.6. The van der Waals surface area contributed by atoms with Crippen molar-refractivity contribution < 1.29 is 4.79 Å². The summed E-state index contributed by atoms with van der Waals surface area (Å²) in [5, 5.41) is 0.994. The summed E-state index contributed by atoms with van der Waals surface area (Å²) in [6.45, 7) is 0. The molecule has 1 heterocycles. The van der Waals surface area contributed by atoms with Gasteiger partial charge >= 0.3 is 0 Å². The molecule has 0 radical (unpaired) electrons. The van der Waals surface area contributed by atoms with Crippen molar-refractivity contribution in [1.29, 1.82) is 0 Å². The van der Waals surface area contributed by atoms with Crippen LogP contribution in [0.15, 0.2) is 47.3 Å². The molecular formula is C15H9Cl2N3O2S. The summed E-state index contributed by atoms with van der Waals surface area (Å²) in [6, 6.07) is 11.3. The number of rotatable bonds is 2. The lowest BCUT2D eigenvalue weighted by molar-refractivity contribution is 0.101. The molecular weight excluding hydrogens is 357 g/mol. The van der Waals surface area contributed by atoms with Crippen molar-refractivity contribution >= 4 is 52.2 Å². The van der Waals surface area contributed by atoms with E-state index >= 15 is 0 Å². The van der Waals surface area contributed by atoms with Gasteiger partial charge in [0.2, 0.25) is 0 Å². The second-order valence-electron chi connectivity index (χ2n) is 4.68. The number of benzene rings is 2. The molecule has 23 heavy (non-hydrogen) atoms. The zero-order valence-electron chi connectivity index (χ0n) is 11.5. The molecule has 3 rings (SSSR count). The number of fused-ring (bicyclic) bond motifs is 1. The third kappa shape index (κ3) is 3.01. The molecule has 0 saturated heterocycles. The molecule has 0 saturated carbocycles. The third-order valence-corrected chi connectivity index (χ3v) is 4.03. The highest BCUT2D eigenvalue weighted by atomic mass is 35.5. The highest BCUT2D eigenvalue weighted by molar-refractivity contribution is 7.71. The minimum atomic E-state index is -0.566. The smallest absolute Gasteiger partial charge is 0.281 e. The second kappa shape index (κ2) is 6.16. The van der Waals surface area contributed by atoms with Gasteiger partial charge in [0.15, 0.2) is 4.77 Å². The van der Waals surface area contributed by atoms with E-state index in [0.29, 0.717) is 15.9 Å². The van der Waals surface area contributed by atoms with Gasteiger partial charge in [-0.05, 0) is 42.5 Å². The molecule has 0 unspecified atom stereocenters. The number of nitrogens with one attached hydrogen (secondary N) is 2. The van der Waals surface area contributed by atoms with Crippen molar-refractivity contribution in [3.8, 4) is 0 Å². The number of carbonyl (C=O) groups excluding carboxylic acids is 1. The van der Waals surface area contributed by atoms with E-state index in [2.05, 4.69) is 10.4 Å². The van der Waals surface area contributed by atoms with Gasteiger partial charge in [-0.2, -0.15) is 4.68 Å². The quantitative estimate of drug-likeness (QED) is 0.679. The Hall–Kier alpha value is -2.15. The Morgan fingerprint density at radius 1 is 1.17 bits per heavy atom. The van der Waals surface area contributed by atoms with Crippen LogP contribution >= 0.6 is 35.4 Å². The van der Waals surface area contributed by atoms with E-state index in [4.69, 9.17) is 35.4 Å². The van der Waals surface area contributed by atoms with Crippen LogP contribution in [-0.2, 0) is 0 Å². The lowest BCUT2D eigenvalue weighted by Gasteiger charge is -2.10. The van der Waals surface area contributed by atoms with Crippen molar-refractivity contribution in [2.24, 2.45) is 0 Å². The first-order valence-corrected chi connectivity index (χ1v) is 7.64. The summed E-state index contributed by atoms with van der Waals surface area (Å²) in [5.41, 5.74) is 2.80. The number of hydrogen-bond donors (Lipinski definition) is 2. The van der Waals surface area contributed by atoms with Crippen LogP contribution < -0.4 is 11.0 Å². The predicted molar refractivity (Wildman–Crippen MR) is 93.5 cm³/mol. The normalized spacial score (nSPS) is 10.7. The maximum absolute atomic E-state index is 12.5. The van der Waals surface area contributed by atoms with E-state index in [1.54, 1.807) is 24.3 Å². The lowest BCUT2D eigenvalue weighted by Crippen LogP contribution is -2.34. The summed E-state index contributed by atoms with van der Waals surface area (Å²) in [6.07, 6.45) is 0. The molecule has 0 fully saturated rings. The van der Waals surface area contributed by atoms with Crippen molar-refractivity contribution in [1.82, 2.24) is 9.66 Å². The lowest BCUT2D eigenvalue weighted by atomic mass is 10.2. The van der Waals surface area contributed by atoms with E-state index in [1.807, 2.05) is 0 Å². The average Bonchev–Trinajstić information content (AvgIpc) is 2.51. The number of carbonyl (C=O) groups is 1. The highest BCUT2D eigenvalue weighted by Gasteiger charge is 2.13. The fourth-order valence-electron chi connectivity index (χ4n) is 2.10. The number of H-pyrrole nitrogens is 1. The molecule has 0 bridgehead atoms. The third-order valence-electron chi connectivity index (χ3n) is 3.19. The second-order valence-corrected chi connectivity index (χ2v) is 5.91. The van der Waals surface area contributed by atoms with Gasteiger partial charge in [0.25, 0.3) is 11.5 Å². The van der Waals surface area contributed by atoms with E-state index in [9.17, 15) is 9.59 Å². The maximum Gasteiger partial charge on any atom is 0.281 e. The Morgan fingerprint density at radius 3 is 2.65 bits per heavy atom. The topological polar surface area (TPSA) is 66.9 Å². The standard InChI is InChI=1S/C15H9Cl2N3O2S/c16-8-5-6-9(11(17)7-8)13(21)19-20-14(22)10-3-1-2-4-12(10)18-15(20)23/h1-7H,(H,18,23)(H,19,21). The van der Waals surface area contributed by atoms with Crippen molar-refractivity contribution in [3.63, 3.8) is 0 Å². The van der Waals surface area contributed by atoms with E-state index in [1.165, 1.54) is 18.2 Å². The molecule has 2 N–H and O–H groups in total. The van der Waals surface area contributed by atoms with Crippen molar-refractivity contribution in [2.75, 3.05) is 5.43 Å². The van der Waals surface area contributed by atoms with Gasteiger partial charge in [-0.15, -0.1) is 0 Å². The summed E-state index contributed by atoms with van der Waals surface area (Å²) in [4.78, 5) is 27.7. The molecule has 1 aromatic heterocycles. The van der Waals surface area contributed by atoms with Crippen LogP contribution in [0, 0.1) is 4.77 Å². The Bertz CT molecular complexity index is 1040. The fraction of sp³-hybridized carbons (Fsp3) is 0. The summed E-state index contributed by atoms with van der Waals surface area (Å²) < 4.78 is 1.05. The van der Waals surface area contributed by atoms with Crippen LogP contribution in [0.4, 0.5) is 0 Å². The van der Waals surface area contributed by atoms with Gasteiger partial charge in [0.05, 0.1) is 21.5 Å².